The molecule has 0 saturated heterocycles. The normalized spacial score (nSPS) is 13.1. The molecule has 1 aromatic heterocycles. The van der Waals surface area contributed by atoms with Crippen molar-refractivity contribution in [2.75, 3.05) is 12.3 Å². The smallest absolute Gasteiger partial charge is 0.103 e. The van der Waals surface area contributed by atoms with E-state index in [4.69, 9.17) is 5.73 Å². The molecular weight excluding hydrogens is 212 g/mol. The van der Waals surface area contributed by atoms with Crippen molar-refractivity contribution in [2.45, 2.75) is 31.9 Å². The first-order chi connectivity index (χ1) is 6.77. The summed E-state index contributed by atoms with van der Waals surface area (Å²) in [5.41, 5.74) is 6.75. The summed E-state index contributed by atoms with van der Waals surface area (Å²) in [7, 11) is 0. The Bertz CT molecular complexity index is 260. The highest BCUT2D eigenvalue weighted by Crippen LogP contribution is 2.21. The zero-order valence-corrected chi connectivity index (χ0v) is 10.5. The Kier molecular flexibility index (Phi) is 5.52. The van der Waals surface area contributed by atoms with E-state index < -0.39 is 0 Å². The second-order valence-corrected chi connectivity index (χ2v) is 5.40. The largest absolute Gasteiger partial charge is 0.330 e. The Balaban J connectivity index is 2.42. The highest BCUT2D eigenvalue weighted by atomic mass is 32.2. The highest BCUT2D eigenvalue weighted by Gasteiger charge is 2.07. The van der Waals surface area contributed by atoms with Crippen LogP contribution in [0, 0.1) is 0 Å². The zero-order valence-electron chi connectivity index (χ0n) is 8.82. The Morgan fingerprint density at radius 3 is 3.07 bits per heavy atom. The zero-order chi connectivity index (χ0) is 10.4. The quantitative estimate of drug-likeness (QED) is 0.764. The molecule has 0 aliphatic carbocycles. The van der Waals surface area contributed by atoms with Crippen molar-refractivity contribution in [3.63, 3.8) is 0 Å². The molecule has 0 aliphatic rings. The first-order valence-electron chi connectivity index (χ1n) is 5.00. The number of hydrogen-bond donors (Lipinski definition) is 1. The lowest BCUT2D eigenvalue weighted by molar-refractivity contribution is 0.749. The van der Waals surface area contributed by atoms with Gasteiger partial charge in [0.2, 0.25) is 0 Å². The third-order valence-electron chi connectivity index (χ3n) is 2.00. The van der Waals surface area contributed by atoms with Crippen LogP contribution in [0.3, 0.4) is 0 Å². The molecule has 0 bridgehead atoms. The van der Waals surface area contributed by atoms with Crippen LogP contribution < -0.4 is 5.73 Å². The van der Waals surface area contributed by atoms with Crippen molar-refractivity contribution in [3.8, 4) is 0 Å². The van der Waals surface area contributed by atoms with Crippen molar-refractivity contribution in [1.82, 2.24) is 4.98 Å². The molecule has 1 aromatic rings. The van der Waals surface area contributed by atoms with Gasteiger partial charge in [0.15, 0.2) is 0 Å². The third kappa shape index (κ3) is 3.59. The summed E-state index contributed by atoms with van der Waals surface area (Å²) in [5, 5.41) is 3.37. The van der Waals surface area contributed by atoms with E-state index in [9.17, 15) is 0 Å². The summed E-state index contributed by atoms with van der Waals surface area (Å²) in [5.74, 6) is 2.67. The van der Waals surface area contributed by atoms with Crippen molar-refractivity contribution in [2.24, 2.45) is 5.73 Å². The van der Waals surface area contributed by atoms with Crippen LogP contribution in [0.1, 0.15) is 36.9 Å². The van der Waals surface area contributed by atoms with Gasteiger partial charge >= 0.3 is 0 Å². The van der Waals surface area contributed by atoms with Crippen LogP contribution >= 0.6 is 23.1 Å². The molecule has 1 unspecified atom stereocenters. The van der Waals surface area contributed by atoms with Gasteiger partial charge in [-0.3, -0.25) is 0 Å². The van der Waals surface area contributed by atoms with Gasteiger partial charge in [0, 0.05) is 23.6 Å². The minimum absolute atomic E-state index is 0.399. The average molecular weight is 230 g/mol. The molecule has 4 heteroatoms. The summed E-state index contributed by atoms with van der Waals surface area (Å²) in [6.45, 7) is 5.01. The molecular formula is C10H18N2S2. The molecule has 14 heavy (non-hydrogen) atoms. The fourth-order valence-corrected chi connectivity index (χ4v) is 2.94. The third-order valence-corrected chi connectivity index (χ3v) is 4.23. The van der Waals surface area contributed by atoms with Crippen molar-refractivity contribution >= 4 is 23.1 Å². The number of rotatable bonds is 6. The standard InChI is InChI=1S/C10H18N2S2/c1-3-4-13-7-10-12-9(6-14-10)8(2)5-11/h6,8H,3-5,7,11H2,1-2H3. The summed E-state index contributed by atoms with van der Waals surface area (Å²) < 4.78 is 0. The van der Waals surface area contributed by atoms with Gasteiger partial charge in [-0.1, -0.05) is 13.8 Å². The maximum atomic E-state index is 5.59. The molecule has 0 aromatic carbocycles. The number of nitrogens with two attached hydrogens (primary N) is 1. The molecule has 1 rings (SSSR count). The van der Waals surface area contributed by atoms with E-state index in [-0.39, 0.29) is 0 Å². The van der Waals surface area contributed by atoms with Crippen LogP contribution in [0.15, 0.2) is 5.38 Å². The SMILES string of the molecule is CCCSCc1nc(C(C)CN)cs1. The molecule has 0 radical (unpaired) electrons. The Morgan fingerprint density at radius 1 is 1.64 bits per heavy atom. The molecule has 1 heterocycles. The van der Waals surface area contributed by atoms with Gasteiger partial charge in [0.05, 0.1) is 5.69 Å². The summed E-state index contributed by atoms with van der Waals surface area (Å²) in [6, 6.07) is 0. The van der Waals surface area contributed by atoms with E-state index >= 15 is 0 Å². The van der Waals surface area contributed by atoms with Crippen molar-refractivity contribution in [3.05, 3.63) is 16.1 Å². The van der Waals surface area contributed by atoms with Gasteiger partial charge in [-0.25, -0.2) is 4.98 Å². The molecule has 0 aliphatic heterocycles. The fraction of sp³-hybridized carbons (Fsp3) is 0.700. The first-order valence-corrected chi connectivity index (χ1v) is 7.03. The van der Waals surface area contributed by atoms with Crippen LogP contribution in [-0.4, -0.2) is 17.3 Å². The van der Waals surface area contributed by atoms with Crippen LogP contribution in [0.5, 0.6) is 0 Å². The van der Waals surface area contributed by atoms with Crippen LogP contribution in [-0.2, 0) is 5.75 Å². The maximum Gasteiger partial charge on any atom is 0.103 e. The Morgan fingerprint density at radius 2 is 2.43 bits per heavy atom. The van der Waals surface area contributed by atoms with Gasteiger partial charge < -0.3 is 5.73 Å². The molecule has 1 atom stereocenters. The molecule has 0 fully saturated rings. The van der Waals surface area contributed by atoms with E-state index in [1.807, 2.05) is 11.8 Å². The van der Waals surface area contributed by atoms with Crippen LogP contribution in [0.25, 0.3) is 0 Å². The van der Waals surface area contributed by atoms with Crippen molar-refractivity contribution in [1.29, 1.82) is 0 Å². The van der Waals surface area contributed by atoms with Gasteiger partial charge in [-0.2, -0.15) is 11.8 Å². The summed E-state index contributed by atoms with van der Waals surface area (Å²) in [4.78, 5) is 4.57. The number of nitrogens with zero attached hydrogens (tertiary/aromatic N) is 1. The molecule has 80 valence electrons. The predicted molar refractivity (Wildman–Crippen MR) is 66.0 cm³/mol. The fourth-order valence-electron chi connectivity index (χ4n) is 1.04. The minimum Gasteiger partial charge on any atom is -0.330 e. The highest BCUT2D eigenvalue weighted by molar-refractivity contribution is 7.98. The molecule has 0 amide bonds. The molecule has 0 spiro atoms. The topological polar surface area (TPSA) is 38.9 Å². The Labute approximate surface area is 94.3 Å². The number of thiazole rings is 1. The molecule has 2 N–H and O–H groups in total. The lowest BCUT2D eigenvalue weighted by Crippen LogP contribution is -2.09. The van der Waals surface area contributed by atoms with Gasteiger partial charge in [0.25, 0.3) is 0 Å². The van der Waals surface area contributed by atoms with E-state index in [1.165, 1.54) is 17.2 Å². The minimum atomic E-state index is 0.399. The first kappa shape index (κ1) is 12.0. The van der Waals surface area contributed by atoms with Crippen LogP contribution in [0.4, 0.5) is 0 Å². The molecule has 0 saturated carbocycles. The predicted octanol–water partition coefficient (Wildman–Crippen LogP) is 2.85. The monoisotopic (exact) mass is 230 g/mol. The summed E-state index contributed by atoms with van der Waals surface area (Å²) in [6.07, 6.45) is 1.24. The van der Waals surface area contributed by atoms with E-state index in [0.29, 0.717) is 12.5 Å². The number of hydrogen-bond acceptors (Lipinski definition) is 4. The average Bonchev–Trinajstić information content (AvgIpc) is 2.66. The van der Waals surface area contributed by atoms with Crippen LogP contribution in [0.2, 0.25) is 0 Å². The van der Waals surface area contributed by atoms with E-state index in [0.717, 1.165) is 11.4 Å². The number of aromatic nitrogens is 1. The lowest BCUT2D eigenvalue weighted by atomic mass is 10.1. The van der Waals surface area contributed by atoms with Crippen molar-refractivity contribution < 1.29 is 0 Å². The number of thioether (sulfide) groups is 1. The maximum absolute atomic E-state index is 5.59. The van der Waals surface area contributed by atoms with E-state index in [2.05, 4.69) is 24.2 Å². The summed E-state index contributed by atoms with van der Waals surface area (Å²) >= 11 is 3.71. The van der Waals surface area contributed by atoms with Gasteiger partial charge in [-0.15, -0.1) is 11.3 Å². The van der Waals surface area contributed by atoms with E-state index in [1.54, 1.807) is 11.3 Å². The van der Waals surface area contributed by atoms with Gasteiger partial charge in [-0.05, 0) is 12.2 Å². The Hall–Kier alpha value is -0.0600. The second kappa shape index (κ2) is 6.43. The van der Waals surface area contributed by atoms with Gasteiger partial charge in [0.1, 0.15) is 5.01 Å². The lowest BCUT2D eigenvalue weighted by Gasteiger charge is -2.02. The second-order valence-electron chi connectivity index (χ2n) is 3.36. The molecule has 2 nitrogen and oxygen atoms in total.